The first-order valence-electron chi connectivity index (χ1n) is 12.0. The highest BCUT2D eigenvalue weighted by molar-refractivity contribution is 6.00. The van der Waals surface area contributed by atoms with Gasteiger partial charge in [0.25, 0.3) is 0 Å². The van der Waals surface area contributed by atoms with Crippen LogP contribution in [0.1, 0.15) is 45.1 Å². The van der Waals surface area contributed by atoms with Crippen LogP contribution in [0.5, 0.6) is 5.75 Å². The van der Waals surface area contributed by atoms with E-state index in [0.29, 0.717) is 12.0 Å². The molecule has 2 N–H and O–H groups in total. The van der Waals surface area contributed by atoms with Gasteiger partial charge < -0.3 is 19.9 Å². The molecule has 1 aromatic carbocycles. The molecule has 5 rings (SSSR count). The normalized spacial score (nSPS) is 35.0. The Balaban J connectivity index is 1.46. The van der Waals surface area contributed by atoms with Crippen molar-refractivity contribution in [3.63, 3.8) is 0 Å². The van der Waals surface area contributed by atoms with Crippen LogP contribution in [0.2, 0.25) is 0 Å². The average Bonchev–Trinajstić information content (AvgIpc) is 3.18. The fourth-order valence-corrected chi connectivity index (χ4v) is 5.89. The number of nitrogens with zero attached hydrogens (tertiary/aromatic N) is 3. The Kier molecular flexibility index (Phi) is 6.19. The summed E-state index contributed by atoms with van der Waals surface area (Å²) >= 11 is 0. The van der Waals surface area contributed by atoms with Crippen LogP contribution < -0.4 is 5.32 Å². The summed E-state index contributed by atoms with van der Waals surface area (Å²) in [5.41, 5.74) is 0.937. The topological polar surface area (TPSA) is 69.6 Å². The third-order valence-electron chi connectivity index (χ3n) is 7.43. The lowest BCUT2D eigenvalue weighted by molar-refractivity contribution is -0.121. The van der Waals surface area contributed by atoms with Gasteiger partial charge in [-0.2, -0.15) is 0 Å². The largest absolute Gasteiger partial charge is 0.508 e. The Morgan fingerprint density at radius 1 is 1.26 bits per heavy atom. The Morgan fingerprint density at radius 3 is 2.87 bits per heavy atom. The molecule has 3 saturated heterocycles. The van der Waals surface area contributed by atoms with E-state index in [4.69, 9.17) is 14.5 Å². The second-order valence-corrected chi connectivity index (χ2v) is 9.43. The summed E-state index contributed by atoms with van der Waals surface area (Å²) in [5.74, 6) is 1.59. The highest BCUT2D eigenvalue weighted by Gasteiger charge is 2.54. The minimum atomic E-state index is -0.0265. The average molecular weight is 429 g/mol. The molecule has 7 heteroatoms. The SMILES string of the molecule is CCCC(C)N1CCCC2C3NC(c4cccc(O)c4)=NC(N4CCOCC4)C3OC21. The number of phenolic OH excluding ortho intramolecular Hbond substituents is 1. The van der Waals surface area contributed by atoms with Crippen molar-refractivity contribution in [1.29, 1.82) is 0 Å². The predicted octanol–water partition coefficient (Wildman–Crippen LogP) is 2.39. The van der Waals surface area contributed by atoms with Crippen molar-refractivity contribution < 1.29 is 14.6 Å². The van der Waals surface area contributed by atoms with Crippen LogP contribution >= 0.6 is 0 Å². The summed E-state index contributed by atoms with van der Waals surface area (Å²) in [6.45, 7) is 8.95. The van der Waals surface area contributed by atoms with Gasteiger partial charge in [0.2, 0.25) is 0 Å². The van der Waals surface area contributed by atoms with Gasteiger partial charge in [0.15, 0.2) is 0 Å². The summed E-state index contributed by atoms with van der Waals surface area (Å²) in [5, 5.41) is 13.8. The van der Waals surface area contributed by atoms with Crippen molar-refractivity contribution in [3.05, 3.63) is 29.8 Å². The van der Waals surface area contributed by atoms with Crippen LogP contribution in [0, 0.1) is 5.92 Å². The second kappa shape index (κ2) is 9.06. The highest BCUT2D eigenvalue weighted by atomic mass is 16.5. The van der Waals surface area contributed by atoms with Gasteiger partial charge in [-0.15, -0.1) is 0 Å². The zero-order valence-electron chi connectivity index (χ0n) is 18.7. The van der Waals surface area contributed by atoms with Crippen LogP contribution in [-0.4, -0.2) is 84.2 Å². The molecule has 6 atom stereocenters. The highest BCUT2D eigenvalue weighted by Crippen LogP contribution is 2.41. The van der Waals surface area contributed by atoms with Crippen molar-refractivity contribution in [1.82, 2.24) is 15.1 Å². The first-order chi connectivity index (χ1) is 15.2. The van der Waals surface area contributed by atoms with Crippen LogP contribution in [-0.2, 0) is 9.47 Å². The molecule has 170 valence electrons. The van der Waals surface area contributed by atoms with E-state index in [9.17, 15) is 5.11 Å². The molecule has 1 aromatic rings. The molecule has 7 nitrogen and oxygen atoms in total. The standard InChI is InChI=1S/C24H36N4O3/c1-3-6-16(2)28-10-5-9-19-20-21(31-24(19)28)23(27-11-13-30-14-12-27)26-22(25-20)17-7-4-8-18(29)15-17/h4,7-8,15-16,19-21,23-24,29H,3,5-6,9-14H2,1-2H3,(H,25,26). The van der Waals surface area contributed by atoms with Gasteiger partial charge in [0.1, 0.15) is 30.1 Å². The van der Waals surface area contributed by atoms with E-state index >= 15 is 0 Å². The molecule has 31 heavy (non-hydrogen) atoms. The molecule has 6 unspecified atom stereocenters. The summed E-state index contributed by atoms with van der Waals surface area (Å²) in [6, 6.07) is 8.17. The number of likely N-dealkylation sites (tertiary alicyclic amines) is 1. The zero-order chi connectivity index (χ0) is 21.4. The first kappa shape index (κ1) is 21.2. The lowest BCUT2D eigenvalue weighted by atomic mass is 9.86. The number of nitrogens with one attached hydrogen (secondary N) is 1. The third-order valence-corrected chi connectivity index (χ3v) is 7.43. The van der Waals surface area contributed by atoms with E-state index in [-0.39, 0.29) is 30.3 Å². The molecule has 0 aliphatic carbocycles. The molecular formula is C24H36N4O3. The number of benzene rings is 1. The number of hydrogen-bond acceptors (Lipinski definition) is 7. The Bertz CT molecular complexity index is 797. The van der Waals surface area contributed by atoms with Gasteiger partial charge in [-0.05, 0) is 38.3 Å². The Hall–Kier alpha value is -1.67. The van der Waals surface area contributed by atoms with Crippen molar-refractivity contribution in [2.75, 3.05) is 32.8 Å². The molecule has 4 aliphatic heterocycles. The van der Waals surface area contributed by atoms with Gasteiger partial charge in [-0.25, -0.2) is 4.99 Å². The number of morpholine rings is 1. The van der Waals surface area contributed by atoms with Crippen LogP contribution in [0.15, 0.2) is 29.3 Å². The van der Waals surface area contributed by atoms with Gasteiger partial charge >= 0.3 is 0 Å². The molecule has 4 aliphatic rings. The lowest BCUT2D eigenvalue weighted by Crippen LogP contribution is -2.60. The van der Waals surface area contributed by atoms with E-state index in [2.05, 4.69) is 29.0 Å². The number of phenols is 1. The van der Waals surface area contributed by atoms with Crippen LogP contribution in [0.4, 0.5) is 0 Å². The Morgan fingerprint density at radius 2 is 2.10 bits per heavy atom. The number of ether oxygens (including phenoxy) is 2. The second-order valence-electron chi connectivity index (χ2n) is 9.43. The molecule has 0 radical (unpaired) electrons. The maximum Gasteiger partial charge on any atom is 0.133 e. The number of aliphatic imine (C=N–C) groups is 1. The van der Waals surface area contributed by atoms with Crippen molar-refractivity contribution in [3.8, 4) is 5.75 Å². The fourth-order valence-electron chi connectivity index (χ4n) is 5.89. The molecule has 3 fully saturated rings. The molecule has 0 aromatic heterocycles. The number of hydrogen-bond donors (Lipinski definition) is 2. The Labute approximate surface area is 185 Å². The minimum absolute atomic E-state index is 0.0265. The van der Waals surface area contributed by atoms with E-state index in [1.807, 2.05) is 12.1 Å². The molecule has 0 bridgehead atoms. The fraction of sp³-hybridized carbons (Fsp3) is 0.708. The van der Waals surface area contributed by atoms with E-state index in [1.54, 1.807) is 12.1 Å². The minimum Gasteiger partial charge on any atom is -0.508 e. The van der Waals surface area contributed by atoms with Crippen molar-refractivity contribution in [2.45, 2.75) is 70.1 Å². The van der Waals surface area contributed by atoms with Crippen molar-refractivity contribution >= 4 is 5.84 Å². The quantitative estimate of drug-likeness (QED) is 0.751. The number of amidine groups is 1. The molecule has 0 saturated carbocycles. The maximum absolute atomic E-state index is 10.0. The lowest BCUT2D eigenvalue weighted by Gasteiger charge is -2.42. The molecular weight excluding hydrogens is 392 g/mol. The summed E-state index contributed by atoms with van der Waals surface area (Å²) < 4.78 is 12.5. The zero-order valence-corrected chi connectivity index (χ0v) is 18.7. The van der Waals surface area contributed by atoms with E-state index < -0.39 is 0 Å². The smallest absolute Gasteiger partial charge is 0.133 e. The predicted molar refractivity (Wildman–Crippen MR) is 120 cm³/mol. The molecule has 4 heterocycles. The van der Waals surface area contributed by atoms with Gasteiger partial charge in [-0.1, -0.05) is 25.5 Å². The molecule has 0 amide bonds. The van der Waals surface area contributed by atoms with Crippen LogP contribution in [0.3, 0.4) is 0 Å². The van der Waals surface area contributed by atoms with Crippen molar-refractivity contribution in [2.24, 2.45) is 10.9 Å². The first-order valence-corrected chi connectivity index (χ1v) is 12.0. The summed E-state index contributed by atoms with van der Waals surface area (Å²) in [4.78, 5) is 10.2. The van der Waals surface area contributed by atoms with Gasteiger partial charge in [0.05, 0.1) is 19.3 Å². The molecule has 0 spiro atoms. The van der Waals surface area contributed by atoms with Gasteiger partial charge in [0, 0.05) is 37.2 Å². The monoisotopic (exact) mass is 428 g/mol. The van der Waals surface area contributed by atoms with E-state index in [0.717, 1.165) is 44.2 Å². The summed E-state index contributed by atoms with van der Waals surface area (Å²) in [6.07, 6.45) is 4.95. The van der Waals surface area contributed by atoms with E-state index in [1.165, 1.54) is 25.7 Å². The number of aromatic hydroxyl groups is 1. The number of fused-ring (bicyclic) bond motifs is 3. The summed E-state index contributed by atoms with van der Waals surface area (Å²) in [7, 11) is 0. The maximum atomic E-state index is 10.0. The van der Waals surface area contributed by atoms with Crippen LogP contribution in [0.25, 0.3) is 0 Å². The third kappa shape index (κ3) is 4.09. The number of rotatable bonds is 5. The van der Waals surface area contributed by atoms with Gasteiger partial charge in [-0.3, -0.25) is 9.80 Å². The number of piperidine rings is 1.